The van der Waals surface area contributed by atoms with Crippen molar-refractivity contribution < 1.29 is 9.50 Å². The van der Waals surface area contributed by atoms with Crippen LogP contribution in [0.15, 0.2) is 42.5 Å². The first-order valence-electron chi connectivity index (χ1n) is 13.5. The lowest BCUT2D eigenvalue weighted by Crippen LogP contribution is -2.45. The van der Waals surface area contributed by atoms with Crippen LogP contribution < -0.4 is 0 Å². The normalized spacial score (nSPS) is 20.1. The fraction of sp³-hybridized carbons (Fsp3) is 0.567. The molecular weight excluding hydrogens is 437 g/mol. The highest BCUT2D eigenvalue weighted by atomic mass is 19.1. The molecule has 190 valence electrons. The molecule has 0 fully saturated rings. The molecular formula is C30H42FN3O. The molecule has 1 aliphatic carbocycles. The van der Waals surface area contributed by atoms with Crippen LogP contribution in [-0.2, 0) is 12.8 Å². The fourth-order valence-corrected chi connectivity index (χ4v) is 5.98. The summed E-state index contributed by atoms with van der Waals surface area (Å²) in [5.74, 6) is 1.30. The molecule has 0 saturated carbocycles. The number of nitrogens with one attached hydrogen (secondary N) is 1. The first-order chi connectivity index (χ1) is 16.9. The third-order valence-corrected chi connectivity index (χ3v) is 7.83. The van der Waals surface area contributed by atoms with Crippen LogP contribution >= 0.6 is 0 Å². The predicted molar refractivity (Wildman–Crippen MR) is 142 cm³/mol. The number of hydrogen-bond donors (Lipinski definition) is 2. The van der Waals surface area contributed by atoms with Gasteiger partial charge in [-0.15, -0.1) is 0 Å². The maximum Gasteiger partial charge on any atom is 0.123 e. The van der Waals surface area contributed by atoms with Crippen molar-refractivity contribution in [1.29, 1.82) is 0 Å². The Labute approximate surface area is 210 Å². The minimum Gasteiger partial charge on any atom is -0.389 e. The van der Waals surface area contributed by atoms with E-state index in [1.807, 2.05) is 18.2 Å². The lowest BCUT2D eigenvalue weighted by molar-refractivity contribution is -0.0301. The molecule has 3 aromatic rings. The summed E-state index contributed by atoms with van der Waals surface area (Å²) in [5, 5.41) is 11.6. The van der Waals surface area contributed by atoms with Crippen molar-refractivity contribution in [3.8, 4) is 0 Å². The van der Waals surface area contributed by atoms with Crippen LogP contribution in [0.25, 0.3) is 11.0 Å². The number of aliphatic hydroxyl groups is 1. The highest BCUT2D eigenvalue weighted by molar-refractivity contribution is 5.74. The van der Waals surface area contributed by atoms with Crippen LogP contribution in [0, 0.1) is 11.7 Å². The van der Waals surface area contributed by atoms with Crippen LogP contribution in [-0.4, -0.2) is 45.7 Å². The molecule has 2 aromatic carbocycles. The number of aryl methyl sites for hydroxylation is 2. The Morgan fingerprint density at radius 2 is 1.86 bits per heavy atom. The second-order valence-corrected chi connectivity index (χ2v) is 10.9. The standard InChI is InChI=1S/C30H42FN3O/c1-22(2)29-25-15-14-24(31)21-23(25)16-17-30(29,35)18-20-34(3)19-10-6-4-5-7-13-28-32-26-11-8-9-12-27(26)33-28/h8-9,11-12,14-15,21-22,29,35H,4-7,10,13,16-20H2,1-3H3,(H,32,33)/t29-,30-/m0/s1. The average Bonchev–Trinajstić information content (AvgIpc) is 3.25. The van der Waals surface area contributed by atoms with E-state index in [1.165, 1.54) is 32.1 Å². The molecule has 5 heteroatoms. The highest BCUT2D eigenvalue weighted by Crippen LogP contribution is 2.45. The summed E-state index contributed by atoms with van der Waals surface area (Å²) < 4.78 is 13.7. The number of unbranched alkanes of at least 4 members (excludes halogenated alkanes) is 4. The Hall–Kier alpha value is -2.24. The monoisotopic (exact) mass is 479 g/mol. The quantitative estimate of drug-likeness (QED) is 0.287. The highest BCUT2D eigenvalue weighted by Gasteiger charge is 2.43. The van der Waals surface area contributed by atoms with E-state index in [0.717, 1.165) is 60.3 Å². The number of aromatic nitrogens is 2. The molecule has 1 aromatic heterocycles. The van der Waals surface area contributed by atoms with E-state index in [0.29, 0.717) is 12.3 Å². The first-order valence-corrected chi connectivity index (χ1v) is 13.5. The van der Waals surface area contributed by atoms with Gasteiger partial charge in [-0.2, -0.15) is 0 Å². The fourth-order valence-electron chi connectivity index (χ4n) is 5.98. The molecule has 4 nitrogen and oxygen atoms in total. The van der Waals surface area contributed by atoms with Gasteiger partial charge in [-0.3, -0.25) is 0 Å². The Morgan fingerprint density at radius 1 is 1.09 bits per heavy atom. The molecule has 2 N–H and O–H groups in total. The molecule has 0 bridgehead atoms. The second-order valence-electron chi connectivity index (χ2n) is 10.9. The van der Waals surface area contributed by atoms with Crippen molar-refractivity contribution >= 4 is 11.0 Å². The van der Waals surface area contributed by atoms with Crippen LogP contribution in [0.2, 0.25) is 0 Å². The van der Waals surface area contributed by atoms with Gasteiger partial charge in [-0.05, 0) is 87.0 Å². The van der Waals surface area contributed by atoms with Gasteiger partial charge in [0.15, 0.2) is 0 Å². The van der Waals surface area contributed by atoms with Gasteiger partial charge in [-0.25, -0.2) is 9.37 Å². The Balaban J connectivity index is 1.15. The maximum absolute atomic E-state index is 13.7. The SMILES string of the molecule is CC(C)[C@H]1c2ccc(F)cc2CC[C@]1(O)CCN(C)CCCCCCCc1nc2ccccc2[nH]1. The maximum atomic E-state index is 13.7. The summed E-state index contributed by atoms with van der Waals surface area (Å²) in [5.41, 5.74) is 3.68. The van der Waals surface area contributed by atoms with Crippen molar-refractivity contribution in [2.75, 3.05) is 20.1 Å². The second kappa shape index (κ2) is 11.7. The summed E-state index contributed by atoms with van der Waals surface area (Å²) >= 11 is 0. The van der Waals surface area contributed by atoms with Crippen LogP contribution in [0.3, 0.4) is 0 Å². The number of H-pyrrole nitrogens is 1. The molecule has 1 aliphatic rings. The minimum absolute atomic E-state index is 0.0620. The van der Waals surface area contributed by atoms with Gasteiger partial charge in [0.25, 0.3) is 0 Å². The average molecular weight is 480 g/mol. The summed E-state index contributed by atoms with van der Waals surface area (Å²) in [6.07, 6.45) is 9.33. The largest absolute Gasteiger partial charge is 0.389 e. The molecule has 1 heterocycles. The number of para-hydroxylation sites is 2. The molecule has 0 unspecified atom stereocenters. The number of aromatic amines is 1. The van der Waals surface area contributed by atoms with E-state index in [2.05, 4.69) is 47.9 Å². The number of hydrogen-bond acceptors (Lipinski definition) is 3. The molecule has 0 amide bonds. The number of fused-ring (bicyclic) bond motifs is 2. The first kappa shape index (κ1) is 25.8. The Kier molecular flexibility index (Phi) is 8.61. The third kappa shape index (κ3) is 6.50. The van der Waals surface area contributed by atoms with Gasteiger partial charge in [-0.1, -0.05) is 51.3 Å². The van der Waals surface area contributed by atoms with E-state index in [9.17, 15) is 9.50 Å². The lowest BCUT2D eigenvalue weighted by atomic mass is 9.66. The Morgan fingerprint density at radius 3 is 2.66 bits per heavy atom. The smallest absolute Gasteiger partial charge is 0.123 e. The zero-order chi connectivity index (χ0) is 24.8. The van der Waals surface area contributed by atoms with Crippen LogP contribution in [0.4, 0.5) is 4.39 Å². The van der Waals surface area contributed by atoms with Crippen molar-refractivity contribution in [1.82, 2.24) is 14.9 Å². The van der Waals surface area contributed by atoms with Crippen molar-refractivity contribution in [2.45, 2.75) is 83.2 Å². The van der Waals surface area contributed by atoms with E-state index in [1.54, 1.807) is 12.1 Å². The number of benzene rings is 2. The number of rotatable bonds is 12. The zero-order valence-corrected chi connectivity index (χ0v) is 21.7. The van der Waals surface area contributed by atoms with Gasteiger partial charge in [0.2, 0.25) is 0 Å². The van der Waals surface area contributed by atoms with Crippen LogP contribution in [0.5, 0.6) is 0 Å². The molecule has 2 atom stereocenters. The molecule has 0 saturated heterocycles. The lowest BCUT2D eigenvalue weighted by Gasteiger charge is -2.44. The summed E-state index contributed by atoms with van der Waals surface area (Å²) in [6.45, 7) is 6.30. The van der Waals surface area contributed by atoms with Gasteiger partial charge < -0.3 is 15.0 Å². The summed E-state index contributed by atoms with van der Waals surface area (Å²) in [7, 11) is 2.17. The molecule has 4 rings (SSSR count). The molecule has 0 radical (unpaired) electrons. The zero-order valence-electron chi connectivity index (χ0n) is 21.7. The van der Waals surface area contributed by atoms with Crippen molar-refractivity contribution in [3.05, 3.63) is 65.2 Å². The summed E-state index contributed by atoms with van der Waals surface area (Å²) in [4.78, 5) is 10.5. The molecule has 0 spiro atoms. The van der Waals surface area contributed by atoms with Gasteiger partial charge in [0.05, 0.1) is 16.6 Å². The minimum atomic E-state index is -0.718. The van der Waals surface area contributed by atoms with Gasteiger partial charge in [0, 0.05) is 18.9 Å². The summed E-state index contributed by atoms with van der Waals surface area (Å²) in [6, 6.07) is 13.3. The van der Waals surface area contributed by atoms with Crippen molar-refractivity contribution in [2.24, 2.45) is 5.92 Å². The van der Waals surface area contributed by atoms with Gasteiger partial charge >= 0.3 is 0 Å². The van der Waals surface area contributed by atoms with E-state index in [4.69, 9.17) is 0 Å². The number of nitrogens with zero attached hydrogens (tertiary/aromatic N) is 2. The van der Waals surface area contributed by atoms with E-state index < -0.39 is 5.60 Å². The van der Waals surface area contributed by atoms with E-state index >= 15 is 0 Å². The van der Waals surface area contributed by atoms with E-state index in [-0.39, 0.29) is 11.7 Å². The van der Waals surface area contributed by atoms with Crippen molar-refractivity contribution in [3.63, 3.8) is 0 Å². The number of imidazole rings is 1. The van der Waals surface area contributed by atoms with Crippen LogP contribution in [0.1, 0.15) is 81.7 Å². The number of halogens is 1. The third-order valence-electron chi connectivity index (χ3n) is 7.83. The Bertz CT molecular complexity index is 1060. The topological polar surface area (TPSA) is 52.1 Å². The molecule has 0 aliphatic heterocycles. The predicted octanol–water partition coefficient (Wildman–Crippen LogP) is 6.63. The van der Waals surface area contributed by atoms with Gasteiger partial charge in [0.1, 0.15) is 11.6 Å². The molecule has 35 heavy (non-hydrogen) atoms.